The van der Waals surface area contributed by atoms with Crippen molar-refractivity contribution in [3.8, 4) is 11.5 Å². The van der Waals surface area contributed by atoms with Gasteiger partial charge in [0.15, 0.2) is 5.70 Å². The maximum Gasteiger partial charge on any atom is 0.363 e. The molecule has 116 valence electrons. The number of benzene rings is 2. The summed E-state index contributed by atoms with van der Waals surface area (Å²) in [5.74, 6) is 0.942. The standard InChI is InChI=1S/C18H15NO4/c1-21-14-9-13(10-15(11-14)22-2)17-19-16(18(20)23-17)8-12-6-4-3-5-7-12/h3-11H,1-2H3. The smallest absolute Gasteiger partial charge is 0.363 e. The van der Waals surface area contributed by atoms with Gasteiger partial charge in [0.25, 0.3) is 0 Å². The second kappa shape index (κ2) is 6.36. The average Bonchev–Trinajstić information content (AvgIpc) is 2.96. The number of methoxy groups -OCH3 is 2. The van der Waals surface area contributed by atoms with Crippen LogP contribution in [-0.2, 0) is 9.53 Å². The van der Waals surface area contributed by atoms with Crippen molar-refractivity contribution in [1.29, 1.82) is 0 Å². The molecule has 0 saturated heterocycles. The maximum absolute atomic E-state index is 12.0. The van der Waals surface area contributed by atoms with Gasteiger partial charge in [-0.3, -0.25) is 0 Å². The van der Waals surface area contributed by atoms with Crippen LogP contribution in [0, 0.1) is 0 Å². The molecule has 0 bridgehead atoms. The number of ether oxygens (including phenoxy) is 3. The van der Waals surface area contributed by atoms with Gasteiger partial charge in [-0.1, -0.05) is 30.3 Å². The molecule has 1 aliphatic heterocycles. The van der Waals surface area contributed by atoms with E-state index < -0.39 is 5.97 Å². The Balaban J connectivity index is 1.97. The fourth-order valence-electron chi connectivity index (χ4n) is 2.17. The highest BCUT2D eigenvalue weighted by Crippen LogP contribution is 2.26. The van der Waals surface area contributed by atoms with Crippen LogP contribution in [0.25, 0.3) is 6.08 Å². The minimum absolute atomic E-state index is 0.231. The highest BCUT2D eigenvalue weighted by Gasteiger charge is 2.25. The zero-order valence-corrected chi connectivity index (χ0v) is 12.8. The SMILES string of the molecule is COc1cc(OC)cc(C2=NC(=Cc3ccccc3)C(=O)O2)c1. The second-order valence-electron chi connectivity index (χ2n) is 4.85. The van der Waals surface area contributed by atoms with Crippen molar-refractivity contribution in [3.63, 3.8) is 0 Å². The number of nitrogens with zero attached hydrogens (tertiary/aromatic N) is 1. The molecule has 5 heteroatoms. The molecule has 2 aromatic carbocycles. The monoisotopic (exact) mass is 309 g/mol. The van der Waals surface area contributed by atoms with E-state index in [0.29, 0.717) is 17.1 Å². The molecule has 23 heavy (non-hydrogen) atoms. The molecule has 0 unspecified atom stereocenters. The quantitative estimate of drug-likeness (QED) is 0.643. The lowest BCUT2D eigenvalue weighted by Crippen LogP contribution is -2.06. The van der Waals surface area contributed by atoms with Gasteiger partial charge >= 0.3 is 5.97 Å². The van der Waals surface area contributed by atoms with Gasteiger partial charge in [0, 0.05) is 11.6 Å². The Kier molecular flexibility index (Phi) is 4.10. The Hall–Kier alpha value is -3.08. The Labute approximate surface area is 133 Å². The Morgan fingerprint density at radius 1 is 1.00 bits per heavy atom. The summed E-state index contributed by atoms with van der Waals surface area (Å²) < 4.78 is 15.7. The summed E-state index contributed by atoms with van der Waals surface area (Å²) in [6.07, 6.45) is 1.69. The largest absolute Gasteiger partial charge is 0.497 e. The first-order chi connectivity index (χ1) is 11.2. The summed E-state index contributed by atoms with van der Waals surface area (Å²) in [6.45, 7) is 0. The molecule has 5 nitrogen and oxygen atoms in total. The summed E-state index contributed by atoms with van der Waals surface area (Å²) in [5.41, 5.74) is 1.76. The molecule has 0 amide bonds. The first kappa shape index (κ1) is 14.8. The van der Waals surface area contributed by atoms with Crippen LogP contribution in [0.3, 0.4) is 0 Å². The van der Waals surface area contributed by atoms with Crippen molar-refractivity contribution in [2.24, 2.45) is 4.99 Å². The van der Waals surface area contributed by atoms with Gasteiger partial charge in [-0.2, -0.15) is 0 Å². The summed E-state index contributed by atoms with van der Waals surface area (Å²) in [7, 11) is 3.11. The Bertz CT molecular complexity index is 772. The van der Waals surface area contributed by atoms with E-state index in [9.17, 15) is 4.79 Å². The third kappa shape index (κ3) is 3.23. The predicted molar refractivity (Wildman–Crippen MR) is 86.6 cm³/mol. The summed E-state index contributed by atoms with van der Waals surface area (Å²) in [5, 5.41) is 0. The van der Waals surface area contributed by atoms with E-state index >= 15 is 0 Å². The molecule has 3 rings (SSSR count). The third-order valence-electron chi connectivity index (χ3n) is 3.32. The molecule has 0 fully saturated rings. The molecule has 0 saturated carbocycles. The highest BCUT2D eigenvalue weighted by molar-refractivity contribution is 6.13. The van der Waals surface area contributed by atoms with Crippen LogP contribution in [0.2, 0.25) is 0 Å². The van der Waals surface area contributed by atoms with Crippen molar-refractivity contribution in [2.45, 2.75) is 0 Å². The molecule has 0 aromatic heterocycles. The maximum atomic E-state index is 12.0. The van der Waals surface area contributed by atoms with Crippen molar-refractivity contribution in [1.82, 2.24) is 0 Å². The molecule has 1 aliphatic rings. The first-order valence-corrected chi connectivity index (χ1v) is 7.00. The van der Waals surface area contributed by atoms with Crippen LogP contribution in [-0.4, -0.2) is 26.1 Å². The highest BCUT2D eigenvalue weighted by atomic mass is 16.6. The molecule has 0 radical (unpaired) electrons. The lowest BCUT2D eigenvalue weighted by Gasteiger charge is -2.07. The van der Waals surface area contributed by atoms with Crippen LogP contribution in [0.5, 0.6) is 11.5 Å². The Morgan fingerprint density at radius 3 is 2.26 bits per heavy atom. The molecule has 0 spiro atoms. The van der Waals surface area contributed by atoms with Crippen LogP contribution in [0.15, 0.2) is 59.2 Å². The van der Waals surface area contributed by atoms with Crippen molar-refractivity contribution in [3.05, 3.63) is 65.4 Å². The van der Waals surface area contributed by atoms with E-state index in [-0.39, 0.29) is 11.6 Å². The summed E-state index contributed by atoms with van der Waals surface area (Å²) >= 11 is 0. The third-order valence-corrected chi connectivity index (χ3v) is 3.32. The van der Waals surface area contributed by atoms with Gasteiger partial charge in [0.2, 0.25) is 5.90 Å². The average molecular weight is 309 g/mol. The van der Waals surface area contributed by atoms with Gasteiger partial charge in [0.05, 0.1) is 14.2 Å². The lowest BCUT2D eigenvalue weighted by atomic mass is 10.2. The molecular weight excluding hydrogens is 294 g/mol. The molecule has 0 N–H and O–H groups in total. The van der Waals surface area contributed by atoms with Crippen LogP contribution >= 0.6 is 0 Å². The van der Waals surface area contributed by atoms with Gasteiger partial charge in [-0.15, -0.1) is 0 Å². The summed E-state index contributed by atoms with van der Waals surface area (Å²) in [6, 6.07) is 14.7. The number of rotatable bonds is 4. The molecule has 0 atom stereocenters. The zero-order chi connectivity index (χ0) is 16.2. The molecule has 1 heterocycles. The lowest BCUT2D eigenvalue weighted by molar-refractivity contribution is -0.129. The fraction of sp³-hybridized carbons (Fsp3) is 0.111. The van der Waals surface area contributed by atoms with Crippen LogP contribution in [0.1, 0.15) is 11.1 Å². The number of esters is 1. The van der Waals surface area contributed by atoms with Crippen molar-refractivity contribution < 1.29 is 19.0 Å². The number of cyclic esters (lactones) is 1. The van der Waals surface area contributed by atoms with E-state index in [0.717, 1.165) is 5.56 Å². The van der Waals surface area contributed by atoms with Gasteiger partial charge in [-0.05, 0) is 23.8 Å². The topological polar surface area (TPSA) is 57.1 Å². The van der Waals surface area contributed by atoms with E-state index in [4.69, 9.17) is 14.2 Å². The van der Waals surface area contributed by atoms with Crippen LogP contribution < -0.4 is 9.47 Å². The van der Waals surface area contributed by atoms with E-state index in [1.807, 2.05) is 30.3 Å². The molecule has 2 aromatic rings. The van der Waals surface area contributed by atoms with E-state index in [1.54, 1.807) is 38.5 Å². The number of carbonyl (C=O) groups is 1. The molecular formula is C18H15NO4. The van der Waals surface area contributed by atoms with E-state index in [2.05, 4.69) is 4.99 Å². The normalized spacial score (nSPS) is 15.3. The van der Waals surface area contributed by atoms with Gasteiger partial charge < -0.3 is 14.2 Å². The number of hydrogen-bond acceptors (Lipinski definition) is 5. The minimum atomic E-state index is -0.481. The predicted octanol–water partition coefficient (Wildman–Crippen LogP) is 3.05. The minimum Gasteiger partial charge on any atom is -0.497 e. The van der Waals surface area contributed by atoms with Crippen molar-refractivity contribution >= 4 is 17.9 Å². The number of hydrogen-bond donors (Lipinski definition) is 0. The Morgan fingerprint density at radius 2 is 1.65 bits per heavy atom. The van der Waals surface area contributed by atoms with Gasteiger partial charge in [-0.25, -0.2) is 9.79 Å². The van der Waals surface area contributed by atoms with Gasteiger partial charge in [0.1, 0.15) is 11.5 Å². The zero-order valence-electron chi connectivity index (χ0n) is 12.8. The summed E-state index contributed by atoms with van der Waals surface area (Å²) in [4.78, 5) is 16.3. The second-order valence-corrected chi connectivity index (χ2v) is 4.85. The van der Waals surface area contributed by atoms with Crippen molar-refractivity contribution in [2.75, 3.05) is 14.2 Å². The van der Waals surface area contributed by atoms with E-state index in [1.165, 1.54) is 0 Å². The number of aliphatic imine (C=N–C) groups is 1. The first-order valence-electron chi connectivity index (χ1n) is 7.00. The number of carbonyl (C=O) groups excluding carboxylic acids is 1. The molecule has 0 aliphatic carbocycles. The fourth-order valence-corrected chi connectivity index (χ4v) is 2.17. The van der Waals surface area contributed by atoms with Crippen LogP contribution in [0.4, 0.5) is 0 Å².